The van der Waals surface area contributed by atoms with Crippen molar-refractivity contribution in [3.63, 3.8) is 0 Å². The van der Waals surface area contributed by atoms with E-state index in [4.69, 9.17) is 21.4 Å². The minimum Gasteiger partial charge on any atom is -0.461 e. The van der Waals surface area contributed by atoms with E-state index in [0.717, 1.165) is 42.8 Å². The largest absolute Gasteiger partial charge is 0.461 e. The number of carbonyl (C=O) groups is 1. The molecule has 4 aromatic rings. The first-order valence-corrected chi connectivity index (χ1v) is 12.9. The molecule has 39 heavy (non-hydrogen) atoms. The maximum absolute atomic E-state index is 13.1. The summed E-state index contributed by atoms with van der Waals surface area (Å²) >= 11 is 6.35. The quantitative estimate of drug-likeness (QED) is 0.247. The Balaban J connectivity index is 1.50. The number of ether oxygens (including phenoxy) is 1. The molecule has 0 saturated heterocycles. The average Bonchev–Trinajstić information content (AvgIpc) is 3.60. The molecule has 5 rings (SSSR count). The van der Waals surface area contributed by atoms with Gasteiger partial charge in [-0.3, -0.25) is 4.68 Å². The molecule has 0 atom stereocenters. The van der Waals surface area contributed by atoms with E-state index in [2.05, 4.69) is 15.1 Å². The van der Waals surface area contributed by atoms with Gasteiger partial charge in [0.15, 0.2) is 11.5 Å². The highest BCUT2D eigenvalue weighted by Gasteiger charge is 2.31. The lowest BCUT2D eigenvalue weighted by atomic mass is 10.0. The molecule has 8 nitrogen and oxygen atoms in total. The predicted octanol–water partition coefficient (Wildman–Crippen LogP) is 5.99. The molecule has 0 N–H and O–H groups in total. The molecule has 3 heterocycles. The second-order valence-corrected chi connectivity index (χ2v) is 9.92. The van der Waals surface area contributed by atoms with E-state index in [1.807, 2.05) is 11.6 Å². The summed E-state index contributed by atoms with van der Waals surface area (Å²) in [5.74, 6) is 0.264. The highest BCUT2D eigenvalue weighted by molar-refractivity contribution is 6.34. The molecule has 204 valence electrons. The van der Waals surface area contributed by atoms with Gasteiger partial charge in [0.05, 0.1) is 34.3 Å². The highest BCUT2D eigenvalue weighted by atomic mass is 35.5. The van der Waals surface area contributed by atoms with E-state index in [9.17, 15) is 18.0 Å². The summed E-state index contributed by atoms with van der Waals surface area (Å²) < 4.78 is 47.7. The van der Waals surface area contributed by atoms with E-state index < -0.39 is 17.7 Å². The number of hydrogen-bond donors (Lipinski definition) is 0. The molecule has 12 heteroatoms. The van der Waals surface area contributed by atoms with Gasteiger partial charge < -0.3 is 4.74 Å². The van der Waals surface area contributed by atoms with Gasteiger partial charge >= 0.3 is 12.1 Å². The van der Waals surface area contributed by atoms with E-state index >= 15 is 0 Å². The Morgan fingerprint density at radius 2 is 1.85 bits per heavy atom. The van der Waals surface area contributed by atoms with Crippen LogP contribution in [0.4, 0.5) is 13.2 Å². The van der Waals surface area contributed by atoms with Gasteiger partial charge in [-0.2, -0.15) is 23.4 Å². The first-order chi connectivity index (χ1) is 18.6. The number of aryl methyl sites for hydroxylation is 1. The number of hydrogen-bond acceptors (Lipinski definition) is 6. The third-order valence-electron chi connectivity index (χ3n) is 6.67. The summed E-state index contributed by atoms with van der Waals surface area (Å²) in [5, 5.41) is 9.36. The molecule has 1 fully saturated rings. The van der Waals surface area contributed by atoms with Crippen molar-refractivity contribution in [2.45, 2.75) is 52.8 Å². The van der Waals surface area contributed by atoms with Gasteiger partial charge in [0.1, 0.15) is 6.33 Å². The Labute approximate surface area is 227 Å². The van der Waals surface area contributed by atoms with Crippen molar-refractivity contribution in [2.24, 2.45) is 5.92 Å². The van der Waals surface area contributed by atoms with Crippen molar-refractivity contribution >= 4 is 17.6 Å². The van der Waals surface area contributed by atoms with Crippen LogP contribution in [0, 0.1) is 19.8 Å². The van der Waals surface area contributed by atoms with Gasteiger partial charge in [-0.15, -0.1) is 0 Å². The zero-order valence-corrected chi connectivity index (χ0v) is 22.3. The Hall–Kier alpha value is -3.73. The van der Waals surface area contributed by atoms with Crippen molar-refractivity contribution in [1.82, 2.24) is 29.5 Å². The van der Waals surface area contributed by atoms with Crippen LogP contribution in [0.3, 0.4) is 0 Å². The van der Waals surface area contributed by atoms with Crippen LogP contribution in [0.15, 0.2) is 36.7 Å². The summed E-state index contributed by atoms with van der Waals surface area (Å²) in [5.41, 5.74) is 3.50. The molecular weight excluding hydrogens is 533 g/mol. The number of benzene rings is 1. The van der Waals surface area contributed by atoms with Crippen LogP contribution in [0.2, 0.25) is 5.02 Å². The third kappa shape index (κ3) is 5.54. The normalized spacial score (nSPS) is 13.6. The lowest BCUT2D eigenvalue weighted by Gasteiger charge is -2.10. The SMILES string of the molecule is CCOC(=O)c1c(Cl)c(C)nn1-c1cc(Cc2c(C)c(-c3ccc(C(F)(F)F)cc3)nn2CC2CC2)ncn1. The average molecular weight is 559 g/mol. The Kier molecular flexibility index (Phi) is 7.19. The van der Waals surface area contributed by atoms with E-state index in [-0.39, 0.29) is 17.3 Å². The molecule has 1 aliphatic carbocycles. The fourth-order valence-corrected chi connectivity index (χ4v) is 4.61. The van der Waals surface area contributed by atoms with E-state index in [1.165, 1.54) is 23.1 Å². The number of aromatic nitrogens is 6. The first kappa shape index (κ1) is 26.9. The van der Waals surface area contributed by atoms with Crippen molar-refractivity contribution in [3.8, 4) is 17.1 Å². The molecule has 1 aromatic carbocycles. The zero-order chi connectivity index (χ0) is 27.9. The van der Waals surface area contributed by atoms with Crippen LogP contribution in [0.25, 0.3) is 17.1 Å². The standard InChI is InChI=1S/C27H26ClF3N6O2/c1-4-39-26(38)25-23(28)16(3)34-37(25)22-12-20(32-14-33-22)11-21-15(2)24(35-36(21)13-17-5-6-17)18-7-9-19(10-8-18)27(29,30)31/h7-10,12,14,17H,4-6,11,13H2,1-3H3. The van der Waals surface area contributed by atoms with Crippen molar-refractivity contribution in [3.05, 3.63) is 75.6 Å². The lowest BCUT2D eigenvalue weighted by Crippen LogP contribution is -2.14. The summed E-state index contributed by atoms with van der Waals surface area (Å²) in [6, 6.07) is 6.77. The van der Waals surface area contributed by atoms with Crippen LogP contribution in [0.1, 0.15) is 58.5 Å². The van der Waals surface area contributed by atoms with Crippen LogP contribution in [0.5, 0.6) is 0 Å². The van der Waals surface area contributed by atoms with Crippen LogP contribution < -0.4 is 0 Å². The Morgan fingerprint density at radius 1 is 1.13 bits per heavy atom. The number of rotatable bonds is 8. The maximum atomic E-state index is 13.1. The minimum absolute atomic E-state index is 0.0835. The maximum Gasteiger partial charge on any atom is 0.416 e. The monoisotopic (exact) mass is 558 g/mol. The molecule has 0 radical (unpaired) electrons. The van der Waals surface area contributed by atoms with Crippen molar-refractivity contribution in [2.75, 3.05) is 6.61 Å². The van der Waals surface area contributed by atoms with Gasteiger partial charge in [0, 0.05) is 30.3 Å². The van der Waals surface area contributed by atoms with Gasteiger partial charge in [-0.05, 0) is 57.2 Å². The number of alkyl halides is 3. The smallest absolute Gasteiger partial charge is 0.416 e. The molecular formula is C27H26ClF3N6O2. The summed E-state index contributed by atoms with van der Waals surface area (Å²) in [4.78, 5) is 21.3. The van der Waals surface area contributed by atoms with Gasteiger partial charge in [0.2, 0.25) is 0 Å². The van der Waals surface area contributed by atoms with Crippen molar-refractivity contribution < 1.29 is 22.7 Å². The van der Waals surface area contributed by atoms with Crippen molar-refractivity contribution in [1.29, 1.82) is 0 Å². The molecule has 0 spiro atoms. The molecule has 0 amide bonds. The summed E-state index contributed by atoms with van der Waals surface area (Å²) in [7, 11) is 0. The third-order valence-corrected chi connectivity index (χ3v) is 7.12. The molecule has 1 aliphatic rings. The van der Waals surface area contributed by atoms with Gasteiger partial charge in [-0.1, -0.05) is 23.7 Å². The van der Waals surface area contributed by atoms with Crippen LogP contribution in [-0.2, 0) is 23.9 Å². The Morgan fingerprint density at radius 3 is 2.49 bits per heavy atom. The van der Waals surface area contributed by atoms with Gasteiger partial charge in [0.25, 0.3) is 0 Å². The highest BCUT2D eigenvalue weighted by Crippen LogP contribution is 2.35. The number of esters is 1. The topological polar surface area (TPSA) is 87.7 Å². The number of halogens is 4. The number of carbonyl (C=O) groups excluding carboxylic acids is 1. The fraction of sp³-hybridized carbons (Fsp3) is 0.370. The second kappa shape index (κ2) is 10.4. The zero-order valence-electron chi connectivity index (χ0n) is 21.6. The van der Waals surface area contributed by atoms with Gasteiger partial charge in [-0.25, -0.2) is 19.4 Å². The second-order valence-electron chi connectivity index (χ2n) is 9.55. The van der Waals surface area contributed by atoms with E-state index in [1.54, 1.807) is 19.9 Å². The summed E-state index contributed by atoms with van der Waals surface area (Å²) in [6.07, 6.45) is -0.398. The fourth-order valence-electron chi connectivity index (χ4n) is 4.42. The minimum atomic E-state index is -4.40. The number of nitrogens with zero attached hydrogens (tertiary/aromatic N) is 6. The predicted molar refractivity (Wildman–Crippen MR) is 138 cm³/mol. The Bertz CT molecular complexity index is 1520. The molecule has 1 saturated carbocycles. The van der Waals surface area contributed by atoms with E-state index in [0.29, 0.717) is 40.8 Å². The lowest BCUT2D eigenvalue weighted by molar-refractivity contribution is -0.137. The first-order valence-electron chi connectivity index (χ1n) is 12.5. The van der Waals surface area contributed by atoms with Crippen LogP contribution >= 0.6 is 11.6 Å². The molecule has 3 aromatic heterocycles. The molecule has 0 aliphatic heterocycles. The molecule has 0 unspecified atom stereocenters. The molecule has 0 bridgehead atoms. The summed E-state index contributed by atoms with van der Waals surface area (Å²) in [6.45, 7) is 6.20. The van der Waals surface area contributed by atoms with Crippen LogP contribution in [-0.4, -0.2) is 42.1 Å².